The molecule has 1 atom stereocenters. The number of halogens is 3. The van der Waals surface area contributed by atoms with Gasteiger partial charge in [-0.05, 0) is 37.3 Å². The molecule has 138 valence electrons. The van der Waals surface area contributed by atoms with Gasteiger partial charge in [-0.15, -0.1) is 0 Å². The third-order valence-corrected chi connectivity index (χ3v) is 5.60. The van der Waals surface area contributed by atoms with Gasteiger partial charge in [-0.1, -0.05) is 52.5 Å². The first-order chi connectivity index (χ1) is 12.1. The largest absolute Gasteiger partial charge is 0.465 e. The SMILES string of the molecule is Cc1ccc(S(=O)(=O)Nc2ccc3c(c2)C(=O)NC(C(Cl)(Cl)Cl)O3)cc1. The molecule has 0 aliphatic carbocycles. The first kappa shape index (κ1) is 19.1. The number of hydrogen-bond acceptors (Lipinski definition) is 4. The zero-order valence-corrected chi connectivity index (χ0v) is 16.4. The Hall–Kier alpha value is -1.67. The Morgan fingerprint density at radius 2 is 1.77 bits per heavy atom. The number of alkyl halides is 3. The molecule has 0 spiro atoms. The van der Waals surface area contributed by atoms with Gasteiger partial charge in [-0.25, -0.2) is 8.42 Å². The van der Waals surface area contributed by atoms with Crippen LogP contribution in [0.1, 0.15) is 15.9 Å². The predicted molar refractivity (Wildman–Crippen MR) is 101 cm³/mol. The normalized spacial score (nSPS) is 17.1. The van der Waals surface area contributed by atoms with Crippen molar-refractivity contribution < 1.29 is 17.9 Å². The molecule has 0 radical (unpaired) electrons. The molecule has 0 fully saturated rings. The minimum absolute atomic E-state index is 0.109. The van der Waals surface area contributed by atoms with Gasteiger partial charge in [-0.3, -0.25) is 9.52 Å². The van der Waals surface area contributed by atoms with Crippen LogP contribution in [0.25, 0.3) is 0 Å². The van der Waals surface area contributed by atoms with E-state index in [4.69, 9.17) is 39.5 Å². The molecule has 1 unspecified atom stereocenters. The van der Waals surface area contributed by atoms with Gasteiger partial charge < -0.3 is 10.1 Å². The average Bonchev–Trinajstić information content (AvgIpc) is 2.54. The molecule has 2 N–H and O–H groups in total. The minimum Gasteiger partial charge on any atom is -0.465 e. The quantitative estimate of drug-likeness (QED) is 0.721. The Bertz CT molecular complexity index is 956. The summed E-state index contributed by atoms with van der Waals surface area (Å²) in [5, 5.41) is 2.41. The van der Waals surface area contributed by atoms with E-state index in [-0.39, 0.29) is 21.9 Å². The molecular formula is C16H13Cl3N2O4S. The van der Waals surface area contributed by atoms with Crippen molar-refractivity contribution in [3.05, 3.63) is 53.6 Å². The van der Waals surface area contributed by atoms with E-state index in [9.17, 15) is 13.2 Å². The standard InChI is InChI=1S/C16H13Cl3N2O4S/c1-9-2-5-11(6-3-9)26(23,24)21-10-4-7-13-12(8-10)14(22)20-15(25-13)16(17,18)19/h2-8,15,21H,1H3,(H,20,22). The van der Waals surface area contributed by atoms with Gasteiger partial charge in [0.2, 0.25) is 10.0 Å². The number of amides is 1. The molecule has 0 bridgehead atoms. The van der Waals surface area contributed by atoms with Crippen LogP contribution in [-0.4, -0.2) is 24.3 Å². The van der Waals surface area contributed by atoms with E-state index in [0.29, 0.717) is 0 Å². The van der Waals surface area contributed by atoms with Crippen LogP contribution >= 0.6 is 34.8 Å². The summed E-state index contributed by atoms with van der Waals surface area (Å²) in [5.41, 5.74) is 1.27. The van der Waals surface area contributed by atoms with Crippen molar-refractivity contribution in [3.63, 3.8) is 0 Å². The van der Waals surface area contributed by atoms with E-state index in [0.717, 1.165) is 5.56 Å². The van der Waals surface area contributed by atoms with Gasteiger partial charge in [0, 0.05) is 5.69 Å². The molecule has 10 heteroatoms. The predicted octanol–water partition coefficient (Wildman–Crippen LogP) is 3.61. The Balaban J connectivity index is 1.87. The number of aryl methyl sites for hydroxylation is 1. The first-order valence-electron chi connectivity index (χ1n) is 7.34. The second-order valence-corrected chi connectivity index (χ2v) is 9.69. The molecule has 1 aliphatic rings. The maximum absolute atomic E-state index is 12.5. The van der Waals surface area contributed by atoms with Gasteiger partial charge in [0.1, 0.15) is 5.75 Å². The summed E-state index contributed by atoms with van der Waals surface area (Å²) < 4.78 is 30.9. The van der Waals surface area contributed by atoms with Crippen LogP contribution in [0.5, 0.6) is 5.75 Å². The number of carbonyl (C=O) groups is 1. The van der Waals surface area contributed by atoms with Crippen LogP contribution < -0.4 is 14.8 Å². The van der Waals surface area contributed by atoms with Gasteiger partial charge in [-0.2, -0.15) is 0 Å². The second kappa shape index (κ2) is 6.81. The number of fused-ring (bicyclic) bond motifs is 1. The lowest BCUT2D eigenvalue weighted by molar-refractivity contribution is 0.0764. The molecule has 2 aromatic rings. The third-order valence-electron chi connectivity index (χ3n) is 3.61. The number of hydrogen-bond donors (Lipinski definition) is 2. The lowest BCUT2D eigenvalue weighted by Crippen LogP contribution is -2.50. The molecule has 1 aliphatic heterocycles. The Kier molecular flexibility index (Phi) is 5.00. The fourth-order valence-electron chi connectivity index (χ4n) is 2.31. The van der Waals surface area contributed by atoms with Crippen molar-refractivity contribution in [2.24, 2.45) is 0 Å². The van der Waals surface area contributed by atoms with E-state index < -0.39 is 26.0 Å². The monoisotopic (exact) mass is 434 g/mol. The smallest absolute Gasteiger partial charge is 0.261 e. The van der Waals surface area contributed by atoms with Crippen LogP contribution in [0.15, 0.2) is 47.4 Å². The topological polar surface area (TPSA) is 84.5 Å². The number of nitrogens with one attached hydrogen (secondary N) is 2. The summed E-state index contributed by atoms with van der Waals surface area (Å²) in [6, 6.07) is 10.6. The zero-order valence-electron chi connectivity index (χ0n) is 13.3. The van der Waals surface area contributed by atoms with Crippen LogP contribution in [0.4, 0.5) is 5.69 Å². The van der Waals surface area contributed by atoms with Crippen LogP contribution in [0, 0.1) is 6.92 Å². The van der Waals surface area contributed by atoms with Crippen molar-refractivity contribution in [1.29, 1.82) is 0 Å². The highest BCUT2D eigenvalue weighted by atomic mass is 35.6. The van der Waals surface area contributed by atoms with E-state index in [1.807, 2.05) is 6.92 Å². The molecule has 0 saturated carbocycles. The lowest BCUT2D eigenvalue weighted by atomic mass is 10.1. The summed E-state index contributed by atoms with van der Waals surface area (Å²) >= 11 is 17.2. The maximum Gasteiger partial charge on any atom is 0.261 e. The molecule has 2 aromatic carbocycles. The Morgan fingerprint density at radius 3 is 2.38 bits per heavy atom. The lowest BCUT2D eigenvalue weighted by Gasteiger charge is -2.31. The van der Waals surface area contributed by atoms with Crippen molar-refractivity contribution in [1.82, 2.24) is 5.32 Å². The zero-order chi connectivity index (χ0) is 19.1. The van der Waals surface area contributed by atoms with Crippen LogP contribution in [0.3, 0.4) is 0 Å². The van der Waals surface area contributed by atoms with Crippen molar-refractivity contribution in [3.8, 4) is 5.75 Å². The summed E-state index contributed by atoms with van der Waals surface area (Å²) in [5.74, 6) is -0.359. The molecule has 3 rings (SSSR count). The van der Waals surface area contributed by atoms with Crippen LogP contribution in [0.2, 0.25) is 0 Å². The van der Waals surface area contributed by atoms with Gasteiger partial charge >= 0.3 is 0 Å². The van der Waals surface area contributed by atoms with Crippen LogP contribution in [-0.2, 0) is 10.0 Å². The molecule has 0 aromatic heterocycles. The maximum atomic E-state index is 12.5. The Morgan fingerprint density at radius 1 is 1.12 bits per heavy atom. The molecule has 1 amide bonds. The second-order valence-electron chi connectivity index (χ2n) is 5.64. The van der Waals surface area contributed by atoms with Crippen molar-refractivity contribution in [2.45, 2.75) is 21.8 Å². The van der Waals surface area contributed by atoms with E-state index in [1.165, 1.54) is 30.3 Å². The molecule has 1 heterocycles. The van der Waals surface area contributed by atoms with E-state index in [1.54, 1.807) is 12.1 Å². The average molecular weight is 436 g/mol. The summed E-state index contributed by atoms with van der Waals surface area (Å²) in [6.07, 6.45) is -1.15. The first-order valence-corrected chi connectivity index (χ1v) is 9.96. The van der Waals surface area contributed by atoms with E-state index >= 15 is 0 Å². The number of sulfonamides is 1. The number of anilines is 1. The van der Waals surface area contributed by atoms with Crippen molar-refractivity contribution in [2.75, 3.05) is 4.72 Å². The van der Waals surface area contributed by atoms with Gasteiger partial charge in [0.25, 0.3) is 15.9 Å². The van der Waals surface area contributed by atoms with Gasteiger partial charge in [0.05, 0.1) is 10.5 Å². The summed E-state index contributed by atoms with van der Waals surface area (Å²) in [7, 11) is -3.79. The number of benzene rings is 2. The fourth-order valence-corrected chi connectivity index (χ4v) is 3.65. The van der Waals surface area contributed by atoms with E-state index in [2.05, 4.69) is 10.0 Å². The molecule has 26 heavy (non-hydrogen) atoms. The molecule has 6 nitrogen and oxygen atoms in total. The molecule has 0 saturated heterocycles. The summed E-state index contributed by atoms with van der Waals surface area (Å²) in [4.78, 5) is 12.3. The molecular weight excluding hydrogens is 423 g/mol. The number of carbonyl (C=O) groups excluding carboxylic acids is 1. The Labute approximate surface area is 165 Å². The van der Waals surface area contributed by atoms with Crippen molar-refractivity contribution >= 4 is 56.4 Å². The number of rotatable bonds is 3. The van der Waals surface area contributed by atoms with Gasteiger partial charge in [0.15, 0.2) is 0 Å². The highest BCUT2D eigenvalue weighted by Crippen LogP contribution is 2.36. The minimum atomic E-state index is -3.79. The highest BCUT2D eigenvalue weighted by molar-refractivity contribution is 7.92. The number of ether oxygens (including phenoxy) is 1. The highest BCUT2D eigenvalue weighted by Gasteiger charge is 2.40. The third kappa shape index (κ3) is 4.01. The fraction of sp³-hybridized carbons (Fsp3) is 0.188. The summed E-state index contributed by atoms with van der Waals surface area (Å²) in [6.45, 7) is 1.86.